The van der Waals surface area contributed by atoms with Crippen LogP contribution < -0.4 is 10.6 Å². The summed E-state index contributed by atoms with van der Waals surface area (Å²) in [7, 11) is 1.88. The molecule has 106 valence electrons. The summed E-state index contributed by atoms with van der Waals surface area (Å²) >= 11 is 0. The van der Waals surface area contributed by atoms with Crippen molar-refractivity contribution >= 4 is 11.6 Å². The third kappa shape index (κ3) is 3.04. The Morgan fingerprint density at radius 1 is 1.00 bits per heavy atom. The van der Waals surface area contributed by atoms with Gasteiger partial charge in [-0.2, -0.15) is 0 Å². The molecule has 2 heterocycles. The highest BCUT2D eigenvalue weighted by atomic mass is 15.1. The van der Waals surface area contributed by atoms with Crippen LogP contribution in [0.3, 0.4) is 0 Å². The van der Waals surface area contributed by atoms with Gasteiger partial charge in [-0.25, -0.2) is 9.97 Å². The lowest BCUT2D eigenvalue weighted by Crippen LogP contribution is -2.13. The van der Waals surface area contributed by atoms with E-state index in [-0.39, 0.29) is 6.04 Å². The first-order valence-electron chi connectivity index (χ1n) is 6.82. The normalized spacial score (nSPS) is 12.2. The highest BCUT2D eigenvalue weighted by molar-refractivity contribution is 5.59. The smallest absolute Gasteiger partial charge is 0.135 e. The van der Waals surface area contributed by atoms with Crippen molar-refractivity contribution in [1.29, 1.82) is 0 Å². The van der Waals surface area contributed by atoms with Gasteiger partial charge in [0.2, 0.25) is 0 Å². The molecular weight excluding hydrogens is 250 g/mol. The lowest BCUT2D eigenvalue weighted by Gasteiger charge is -2.20. The predicted molar refractivity (Wildman–Crippen MR) is 81.9 cm³/mol. The highest BCUT2D eigenvalue weighted by Gasteiger charge is 2.16. The van der Waals surface area contributed by atoms with Gasteiger partial charge >= 0.3 is 0 Å². The molecule has 0 fully saturated rings. The minimum Gasteiger partial charge on any atom is -0.373 e. The molecule has 0 spiro atoms. The molecule has 0 aliphatic rings. The Morgan fingerprint density at radius 3 is 2.25 bits per heavy atom. The van der Waals surface area contributed by atoms with E-state index < -0.39 is 0 Å². The summed E-state index contributed by atoms with van der Waals surface area (Å²) in [5, 5.41) is 6.59. The third-order valence-corrected chi connectivity index (χ3v) is 3.26. The Balaban J connectivity index is 2.29. The van der Waals surface area contributed by atoms with Crippen molar-refractivity contribution in [3.05, 3.63) is 42.0 Å². The van der Waals surface area contributed by atoms with Crippen LogP contribution in [-0.2, 0) is 0 Å². The van der Waals surface area contributed by atoms with Gasteiger partial charge in [0.25, 0.3) is 0 Å². The molecule has 0 aliphatic carbocycles. The molecule has 0 aromatic carbocycles. The average molecular weight is 271 g/mol. The maximum absolute atomic E-state index is 4.40. The van der Waals surface area contributed by atoms with Crippen LogP contribution in [0.2, 0.25) is 0 Å². The molecule has 0 saturated heterocycles. The van der Waals surface area contributed by atoms with Gasteiger partial charge in [-0.1, -0.05) is 13.8 Å². The Kier molecular flexibility index (Phi) is 4.50. The van der Waals surface area contributed by atoms with E-state index >= 15 is 0 Å². The third-order valence-electron chi connectivity index (χ3n) is 3.26. The molecule has 5 nitrogen and oxygen atoms in total. The van der Waals surface area contributed by atoms with Crippen LogP contribution in [0.5, 0.6) is 0 Å². The maximum Gasteiger partial charge on any atom is 0.135 e. The molecule has 0 radical (unpaired) electrons. The van der Waals surface area contributed by atoms with Crippen LogP contribution in [0.1, 0.15) is 43.9 Å². The first-order valence-corrected chi connectivity index (χ1v) is 6.82. The molecular formula is C15H21N5. The van der Waals surface area contributed by atoms with Gasteiger partial charge < -0.3 is 10.6 Å². The summed E-state index contributed by atoms with van der Waals surface area (Å²) in [5.41, 5.74) is 2.29. The second-order valence-corrected chi connectivity index (χ2v) is 5.04. The van der Waals surface area contributed by atoms with E-state index in [1.54, 1.807) is 18.7 Å². The summed E-state index contributed by atoms with van der Waals surface area (Å²) in [6.07, 6.45) is 5.19. The second kappa shape index (κ2) is 6.32. The summed E-state index contributed by atoms with van der Waals surface area (Å²) in [5.74, 6) is 2.09. The number of nitrogens with zero attached hydrogens (tertiary/aromatic N) is 3. The van der Waals surface area contributed by atoms with Gasteiger partial charge in [-0.15, -0.1) is 0 Å². The number of nitrogens with one attached hydrogen (secondary N) is 2. The van der Waals surface area contributed by atoms with Crippen LogP contribution in [0.4, 0.5) is 11.6 Å². The lowest BCUT2D eigenvalue weighted by atomic mass is 10.0. The van der Waals surface area contributed by atoms with E-state index in [2.05, 4.69) is 46.4 Å². The topological polar surface area (TPSA) is 62.7 Å². The second-order valence-electron chi connectivity index (χ2n) is 5.04. The molecule has 2 aromatic heterocycles. The molecule has 1 atom stereocenters. The first-order chi connectivity index (χ1) is 9.63. The molecule has 0 aliphatic heterocycles. The van der Waals surface area contributed by atoms with Gasteiger partial charge in [-0.05, 0) is 30.5 Å². The summed E-state index contributed by atoms with van der Waals surface area (Å²) in [6.45, 7) is 6.39. The minimum atomic E-state index is 0.162. The summed E-state index contributed by atoms with van der Waals surface area (Å²) < 4.78 is 0. The van der Waals surface area contributed by atoms with Crippen molar-refractivity contribution in [2.45, 2.75) is 32.7 Å². The first kappa shape index (κ1) is 14.2. The Hall–Kier alpha value is -2.17. The average Bonchev–Trinajstić information content (AvgIpc) is 2.47. The minimum absolute atomic E-state index is 0.162. The Labute approximate surface area is 119 Å². The summed E-state index contributed by atoms with van der Waals surface area (Å²) in [6, 6.07) is 4.18. The fourth-order valence-electron chi connectivity index (χ4n) is 2.20. The van der Waals surface area contributed by atoms with E-state index in [1.165, 1.54) is 5.56 Å². The standard InChI is InChI=1S/C15H21N5/c1-10(2)13-14(16-4)18-9-19-15(13)20-11(3)12-5-7-17-8-6-12/h5-11H,1-4H3,(H2,16,18,19,20). The monoisotopic (exact) mass is 271 g/mol. The number of anilines is 2. The molecule has 2 N–H and O–H groups in total. The van der Waals surface area contributed by atoms with Crippen molar-refractivity contribution in [2.24, 2.45) is 0 Å². The zero-order chi connectivity index (χ0) is 14.5. The van der Waals surface area contributed by atoms with Crippen LogP contribution in [-0.4, -0.2) is 22.0 Å². The maximum atomic E-state index is 4.40. The predicted octanol–water partition coefficient (Wildman–Crippen LogP) is 3.21. The molecule has 2 aromatic rings. The number of rotatable bonds is 5. The van der Waals surface area contributed by atoms with Gasteiger partial charge in [0.1, 0.15) is 18.0 Å². The SMILES string of the molecule is CNc1ncnc(NC(C)c2ccncc2)c1C(C)C. The van der Waals surface area contributed by atoms with Gasteiger partial charge in [0.15, 0.2) is 0 Å². The van der Waals surface area contributed by atoms with Crippen molar-refractivity contribution < 1.29 is 0 Å². The zero-order valence-corrected chi connectivity index (χ0v) is 12.4. The fourth-order valence-corrected chi connectivity index (χ4v) is 2.20. The van der Waals surface area contributed by atoms with Crippen LogP contribution >= 0.6 is 0 Å². The van der Waals surface area contributed by atoms with Crippen molar-refractivity contribution in [3.63, 3.8) is 0 Å². The number of pyridine rings is 1. The fraction of sp³-hybridized carbons (Fsp3) is 0.400. The Bertz CT molecular complexity index is 553. The van der Waals surface area contributed by atoms with E-state index in [0.717, 1.165) is 17.2 Å². The van der Waals surface area contributed by atoms with Gasteiger partial charge in [-0.3, -0.25) is 4.98 Å². The van der Waals surface area contributed by atoms with Crippen molar-refractivity contribution in [3.8, 4) is 0 Å². The van der Waals surface area contributed by atoms with E-state index in [0.29, 0.717) is 5.92 Å². The van der Waals surface area contributed by atoms with E-state index in [1.807, 2.05) is 19.2 Å². The molecule has 20 heavy (non-hydrogen) atoms. The zero-order valence-electron chi connectivity index (χ0n) is 12.4. The number of aromatic nitrogens is 3. The van der Waals surface area contributed by atoms with Crippen molar-refractivity contribution in [2.75, 3.05) is 17.7 Å². The molecule has 5 heteroatoms. The van der Waals surface area contributed by atoms with E-state index in [9.17, 15) is 0 Å². The highest BCUT2D eigenvalue weighted by Crippen LogP contribution is 2.30. The molecule has 0 bridgehead atoms. The largest absolute Gasteiger partial charge is 0.373 e. The quantitative estimate of drug-likeness (QED) is 0.874. The number of hydrogen-bond donors (Lipinski definition) is 2. The van der Waals surface area contributed by atoms with Gasteiger partial charge in [0.05, 0.1) is 6.04 Å². The van der Waals surface area contributed by atoms with Crippen LogP contribution in [0.25, 0.3) is 0 Å². The summed E-state index contributed by atoms with van der Waals surface area (Å²) in [4.78, 5) is 12.7. The van der Waals surface area contributed by atoms with Crippen LogP contribution in [0, 0.1) is 0 Å². The van der Waals surface area contributed by atoms with Gasteiger partial charge in [0, 0.05) is 25.0 Å². The van der Waals surface area contributed by atoms with Crippen molar-refractivity contribution in [1.82, 2.24) is 15.0 Å². The molecule has 0 amide bonds. The molecule has 0 saturated carbocycles. The lowest BCUT2D eigenvalue weighted by molar-refractivity contribution is 0.819. The molecule has 2 rings (SSSR count). The Morgan fingerprint density at radius 2 is 1.65 bits per heavy atom. The number of hydrogen-bond acceptors (Lipinski definition) is 5. The molecule has 1 unspecified atom stereocenters. The van der Waals surface area contributed by atoms with E-state index in [4.69, 9.17) is 0 Å². The van der Waals surface area contributed by atoms with Crippen LogP contribution in [0.15, 0.2) is 30.9 Å².